The van der Waals surface area contributed by atoms with Gasteiger partial charge < -0.3 is 10.2 Å². The van der Waals surface area contributed by atoms with Crippen molar-refractivity contribution in [2.75, 3.05) is 18.0 Å². The molecule has 0 atom stereocenters. The molecule has 1 aliphatic carbocycles. The Bertz CT molecular complexity index is 396. The first-order valence-electron chi connectivity index (χ1n) is 7.51. The maximum Gasteiger partial charge on any atom is 0.0471 e. The van der Waals surface area contributed by atoms with Crippen LogP contribution in [0, 0.1) is 0 Å². The van der Waals surface area contributed by atoms with Crippen molar-refractivity contribution in [1.82, 2.24) is 5.32 Å². The Morgan fingerprint density at radius 3 is 2.42 bits per heavy atom. The zero-order valence-corrected chi connectivity index (χ0v) is 12.8. The monoisotopic (exact) mass is 280 g/mol. The second kappa shape index (κ2) is 7.16. The molecular weight excluding hydrogens is 256 g/mol. The summed E-state index contributed by atoms with van der Waals surface area (Å²) in [5.41, 5.74) is 2.47. The van der Waals surface area contributed by atoms with Gasteiger partial charge in [0.25, 0.3) is 0 Å². The quantitative estimate of drug-likeness (QED) is 0.767. The van der Waals surface area contributed by atoms with Crippen LogP contribution in [-0.2, 0) is 6.54 Å². The van der Waals surface area contributed by atoms with E-state index in [2.05, 4.69) is 42.3 Å². The molecule has 0 heterocycles. The van der Waals surface area contributed by atoms with Crippen molar-refractivity contribution < 1.29 is 0 Å². The topological polar surface area (TPSA) is 15.3 Å². The van der Waals surface area contributed by atoms with Gasteiger partial charge in [-0.05, 0) is 43.4 Å². The molecule has 1 aromatic carbocycles. The second-order valence-corrected chi connectivity index (χ2v) is 5.83. The highest BCUT2D eigenvalue weighted by Gasteiger charge is 2.20. The van der Waals surface area contributed by atoms with Crippen molar-refractivity contribution in [2.45, 2.75) is 52.1 Å². The van der Waals surface area contributed by atoms with Crippen LogP contribution in [-0.4, -0.2) is 19.1 Å². The Labute approximate surface area is 122 Å². The van der Waals surface area contributed by atoms with Gasteiger partial charge in [0.05, 0.1) is 0 Å². The number of hydrogen-bond acceptors (Lipinski definition) is 2. The molecule has 0 aliphatic heterocycles. The van der Waals surface area contributed by atoms with Gasteiger partial charge in [0.2, 0.25) is 0 Å². The van der Waals surface area contributed by atoms with E-state index in [1.807, 2.05) is 0 Å². The van der Waals surface area contributed by atoms with Crippen LogP contribution in [0.1, 0.15) is 45.1 Å². The molecule has 0 bridgehead atoms. The van der Waals surface area contributed by atoms with E-state index in [0.29, 0.717) is 0 Å². The van der Waals surface area contributed by atoms with E-state index in [-0.39, 0.29) is 0 Å². The average molecular weight is 281 g/mol. The molecule has 1 aromatic rings. The highest BCUT2D eigenvalue weighted by atomic mass is 35.5. The van der Waals surface area contributed by atoms with Crippen molar-refractivity contribution in [1.29, 1.82) is 0 Å². The Morgan fingerprint density at radius 1 is 1.21 bits per heavy atom. The number of rotatable bonds is 8. The third-order valence-electron chi connectivity index (χ3n) is 3.55. The molecule has 1 N–H and O–H groups in total. The molecule has 1 saturated carbocycles. The third-order valence-corrected chi connectivity index (χ3v) is 3.90. The Balaban J connectivity index is 2.02. The maximum absolute atomic E-state index is 6.41. The van der Waals surface area contributed by atoms with Crippen molar-refractivity contribution in [3.63, 3.8) is 0 Å². The molecule has 19 heavy (non-hydrogen) atoms. The summed E-state index contributed by atoms with van der Waals surface area (Å²) in [5, 5.41) is 4.41. The fraction of sp³-hybridized carbons (Fsp3) is 0.625. The zero-order chi connectivity index (χ0) is 13.7. The summed E-state index contributed by atoms with van der Waals surface area (Å²) in [6.07, 6.45) is 4.97. The summed E-state index contributed by atoms with van der Waals surface area (Å²) in [6.45, 7) is 7.54. The lowest BCUT2D eigenvalue weighted by Gasteiger charge is -2.24. The molecular formula is C16H25ClN2. The maximum atomic E-state index is 6.41. The Kier molecular flexibility index (Phi) is 5.53. The van der Waals surface area contributed by atoms with Crippen LogP contribution in [0.2, 0.25) is 5.02 Å². The van der Waals surface area contributed by atoms with Crippen LogP contribution in [0.4, 0.5) is 5.69 Å². The van der Waals surface area contributed by atoms with E-state index >= 15 is 0 Å². The van der Waals surface area contributed by atoms with Crippen molar-refractivity contribution in [2.24, 2.45) is 0 Å². The molecule has 1 fully saturated rings. The second-order valence-electron chi connectivity index (χ2n) is 5.42. The normalized spacial score (nSPS) is 14.7. The molecule has 3 heteroatoms. The van der Waals surface area contributed by atoms with Gasteiger partial charge in [0, 0.05) is 36.4 Å². The van der Waals surface area contributed by atoms with Gasteiger partial charge in [0.1, 0.15) is 0 Å². The summed E-state index contributed by atoms with van der Waals surface area (Å²) in [5.74, 6) is 0. The minimum absolute atomic E-state index is 0.729. The van der Waals surface area contributed by atoms with Crippen LogP contribution in [0.3, 0.4) is 0 Å². The fourth-order valence-electron chi connectivity index (χ4n) is 2.33. The van der Waals surface area contributed by atoms with E-state index in [1.165, 1.54) is 36.9 Å². The highest BCUT2D eigenvalue weighted by molar-refractivity contribution is 6.31. The van der Waals surface area contributed by atoms with E-state index in [0.717, 1.165) is 30.7 Å². The summed E-state index contributed by atoms with van der Waals surface area (Å²) < 4.78 is 0. The van der Waals surface area contributed by atoms with E-state index in [4.69, 9.17) is 11.6 Å². The highest BCUT2D eigenvalue weighted by Crippen LogP contribution is 2.26. The van der Waals surface area contributed by atoms with Gasteiger partial charge in [-0.25, -0.2) is 0 Å². The van der Waals surface area contributed by atoms with Gasteiger partial charge >= 0.3 is 0 Å². The minimum atomic E-state index is 0.729. The van der Waals surface area contributed by atoms with Gasteiger partial charge in [-0.3, -0.25) is 0 Å². The summed E-state index contributed by atoms with van der Waals surface area (Å²) in [6, 6.07) is 7.23. The largest absolute Gasteiger partial charge is 0.372 e. The molecule has 0 amide bonds. The van der Waals surface area contributed by atoms with Gasteiger partial charge in [0.15, 0.2) is 0 Å². The first-order valence-corrected chi connectivity index (χ1v) is 7.89. The van der Waals surface area contributed by atoms with Gasteiger partial charge in [-0.15, -0.1) is 0 Å². The first kappa shape index (κ1) is 14.7. The van der Waals surface area contributed by atoms with Crippen molar-refractivity contribution in [3.05, 3.63) is 28.8 Å². The lowest BCUT2D eigenvalue weighted by molar-refractivity contribution is 0.687. The van der Waals surface area contributed by atoms with E-state index in [9.17, 15) is 0 Å². The molecule has 0 spiro atoms. The smallest absolute Gasteiger partial charge is 0.0471 e. The minimum Gasteiger partial charge on any atom is -0.372 e. The molecule has 1 aliphatic rings. The molecule has 0 aromatic heterocycles. The lowest BCUT2D eigenvalue weighted by Crippen LogP contribution is -2.25. The molecule has 0 radical (unpaired) electrons. The number of halogens is 1. The predicted octanol–water partition coefficient (Wildman–Crippen LogP) is 4.22. The van der Waals surface area contributed by atoms with Crippen LogP contribution >= 0.6 is 11.6 Å². The predicted molar refractivity (Wildman–Crippen MR) is 84.1 cm³/mol. The number of benzene rings is 1. The molecule has 106 valence electrons. The summed E-state index contributed by atoms with van der Waals surface area (Å²) in [4.78, 5) is 2.42. The molecule has 0 saturated heterocycles. The number of hydrogen-bond donors (Lipinski definition) is 1. The Hall–Kier alpha value is -0.730. The molecule has 2 nitrogen and oxygen atoms in total. The zero-order valence-electron chi connectivity index (χ0n) is 12.1. The molecule has 2 rings (SSSR count). The van der Waals surface area contributed by atoms with Gasteiger partial charge in [-0.2, -0.15) is 0 Å². The van der Waals surface area contributed by atoms with Crippen LogP contribution in [0.25, 0.3) is 0 Å². The van der Waals surface area contributed by atoms with E-state index < -0.39 is 0 Å². The molecule has 0 unspecified atom stereocenters. The van der Waals surface area contributed by atoms with Gasteiger partial charge in [-0.1, -0.05) is 31.5 Å². The SMILES string of the molecule is CCCN(CCC)c1ccc(CNC2CC2)c(Cl)c1. The first-order chi connectivity index (χ1) is 9.24. The van der Waals surface area contributed by atoms with Crippen LogP contribution in [0.15, 0.2) is 18.2 Å². The Morgan fingerprint density at radius 2 is 1.89 bits per heavy atom. The standard InChI is InChI=1S/C16H25ClN2/c1-3-9-19(10-4-2)15-8-5-13(16(17)11-15)12-18-14-6-7-14/h5,8,11,14,18H,3-4,6-7,9-10,12H2,1-2H3. The van der Waals surface area contributed by atoms with E-state index in [1.54, 1.807) is 0 Å². The summed E-state index contributed by atoms with van der Waals surface area (Å²) in [7, 11) is 0. The van der Waals surface area contributed by atoms with Crippen molar-refractivity contribution >= 4 is 17.3 Å². The third kappa shape index (κ3) is 4.39. The fourth-order valence-corrected chi connectivity index (χ4v) is 2.57. The number of anilines is 1. The number of nitrogens with zero attached hydrogens (tertiary/aromatic N) is 1. The van der Waals surface area contributed by atoms with Crippen molar-refractivity contribution in [3.8, 4) is 0 Å². The van der Waals surface area contributed by atoms with Crippen LogP contribution in [0.5, 0.6) is 0 Å². The number of nitrogens with one attached hydrogen (secondary N) is 1. The lowest BCUT2D eigenvalue weighted by atomic mass is 10.1. The average Bonchev–Trinajstić information content (AvgIpc) is 3.21. The van der Waals surface area contributed by atoms with Crippen LogP contribution < -0.4 is 10.2 Å². The summed E-state index contributed by atoms with van der Waals surface area (Å²) >= 11 is 6.41.